The first-order chi connectivity index (χ1) is 9.72. The molecule has 1 aromatic carbocycles. The van der Waals surface area contributed by atoms with Gasteiger partial charge in [-0.05, 0) is 36.6 Å². The molecular formula is C14H15N3O3. The summed E-state index contributed by atoms with van der Waals surface area (Å²) in [5.41, 5.74) is 2.10. The van der Waals surface area contributed by atoms with Crippen LogP contribution in [0.2, 0.25) is 0 Å². The van der Waals surface area contributed by atoms with Crippen LogP contribution in [0, 0.1) is 0 Å². The zero-order valence-corrected chi connectivity index (χ0v) is 10.9. The third kappa shape index (κ3) is 2.64. The zero-order valence-electron chi connectivity index (χ0n) is 10.9. The first kappa shape index (κ1) is 12.7. The summed E-state index contributed by atoms with van der Waals surface area (Å²) in [5, 5.41) is 15.6. The van der Waals surface area contributed by atoms with E-state index in [0.717, 1.165) is 30.8 Å². The maximum Gasteiger partial charge on any atom is 0.303 e. The van der Waals surface area contributed by atoms with E-state index in [0.29, 0.717) is 18.1 Å². The van der Waals surface area contributed by atoms with Crippen molar-refractivity contribution in [3.63, 3.8) is 0 Å². The van der Waals surface area contributed by atoms with E-state index in [1.807, 2.05) is 18.2 Å². The summed E-state index contributed by atoms with van der Waals surface area (Å²) in [6.07, 6.45) is 2.43. The topological polar surface area (TPSA) is 88.1 Å². The van der Waals surface area contributed by atoms with Crippen LogP contribution < -0.4 is 4.74 Å². The lowest BCUT2D eigenvalue weighted by molar-refractivity contribution is -0.137. The molecule has 0 unspecified atom stereocenters. The number of hydrogen-bond donors (Lipinski definition) is 2. The van der Waals surface area contributed by atoms with E-state index in [1.54, 1.807) is 0 Å². The smallest absolute Gasteiger partial charge is 0.303 e. The second kappa shape index (κ2) is 5.32. The molecule has 0 aliphatic carbocycles. The predicted octanol–water partition coefficient (Wildman–Crippen LogP) is 1.81. The van der Waals surface area contributed by atoms with Gasteiger partial charge in [0, 0.05) is 12.0 Å². The highest BCUT2D eigenvalue weighted by atomic mass is 16.5. The van der Waals surface area contributed by atoms with Crippen LogP contribution in [-0.2, 0) is 17.6 Å². The summed E-state index contributed by atoms with van der Waals surface area (Å²) in [6, 6.07) is 5.91. The monoisotopic (exact) mass is 273 g/mol. The number of nitrogens with one attached hydrogen (secondary N) is 1. The average molecular weight is 273 g/mol. The molecule has 1 aliphatic rings. The molecule has 0 saturated heterocycles. The van der Waals surface area contributed by atoms with Crippen molar-refractivity contribution in [3.8, 4) is 17.1 Å². The SMILES string of the molecule is O=C(O)CCc1nc(-c2ccc3c(c2)CCCO3)n[nH]1. The van der Waals surface area contributed by atoms with Gasteiger partial charge in [-0.25, -0.2) is 4.98 Å². The van der Waals surface area contributed by atoms with Crippen molar-refractivity contribution in [3.05, 3.63) is 29.6 Å². The van der Waals surface area contributed by atoms with Crippen LogP contribution in [-0.4, -0.2) is 32.9 Å². The first-order valence-electron chi connectivity index (χ1n) is 6.61. The van der Waals surface area contributed by atoms with Crippen LogP contribution >= 0.6 is 0 Å². The molecule has 0 bridgehead atoms. The fourth-order valence-electron chi connectivity index (χ4n) is 2.26. The maximum atomic E-state index is 10.5. The van der Waals surface area contributed by atoms with E-state index >= 15 is 0 Å². The summed E-state index contributed by atoms with van der Waals surface area (Å²) in [4.78, 5) is 14.9. The van der Waals surface area contributed by atoms with Crippen molar-refractivity contribution in [2.75, 3.05) is 6.61 Å². The highest BCUT2D eigenvalue weighted by Gasteiger charge is 2.13. The number of aryl methyl sites for hydroxylation is 2. The van der Waals surface area contributed by atoms with E-state index in [9.17, 15) is 4.79 Å². The minimum Gasteiger partial charge on any atom is -0.493 e. The molecule has 3 rings (SSSR count). The number of rotatable bonds is 4. The number of aliphatic carboxylic acids is 1. The fraction of sp³-hybridized carbons (Fsp3) is 0.357. The molecule has 2 heterocycles. The molecule has 0 fully saturated rings. The summed E-state index contributed by atoms with van der Waals surface area (Å²) in [7, 11) is 0. The number of hydrogen-bond acceptors (Lipinski definition) is 4. The van der Waals surface area contributed by atoms with Crippen molar-refractivity contribution in [1.29, 1.82) is 0 Å². The fourth-order valence-corrected chi connectivity index (χ4v) is 2.26. The van der Waals surface area contributed by atoms with Crippen LogP contribution in [0.4, 0.5) is 0 Å². The second-order valence-corrected chi connectivity index (χ2v) is 4.77. The highest BCUT2D eigenvalue weighted by Crippen LogP contribution is 2.28. The standard InChI is InChI=1S/C14H15N3O3/c18-13(19)6-5-12-15-14(17-16-12)10-3-4-11-9(8-10)2-1-7-20-11/h3-4,8H,1-2,5-7H2,(H,18,19)(H,15,16,17). The lowest BCUT2D eigenvalue weighted by Crippen LogP contribution is -2.08. The van der Waals surface area contributed by atoms with E-state index in [2.05, 4.69) is 15.2 Å². The molecule has 0 amide bonds. The van der Waals surface area contributed by atoms with Gasteiger partial charge >= 0.3 is 5.97 Å². The van der Waals surface area contributed by atoms with Gasteiger partial charge in [-0.15, -0.1) is 0 Å². The number of nitrogens with zero attached hydrogens (tertiary/aromatic N) is 2. The minimum absolute atomic E-state index is 0.0483. The van der Waals surface area contributed by atoms with Gasteiger partial charge in [-0.2, -0.15) is 5.10 Å². The van der Waals surface area contributed by atoms with Gasteiger partial charge in [0.05, 0.1) is 13.0 Å². The van der Waals surface area contributed by atoms with E-state index in [4.69, 9.17) is 9.84 Å². The predicted molar refractivity (Wildman–Crippen MR) is 71.6 cm³/mol. The number of fused-ring (bicyclic) bond motifs is 1. The lowest BCUT2D eigenvalue weighted by atomic mass is 10.0. The van der Waals surface area contributed by atoms with Crippen LogP contribution in [0.5, 0.6) is 5.75 Å². The Kier molecular flexibility index (Phi) is 3.37. The Bertz CT molecular complexity index is 636. The molecule has 0 atom stereocenters. The molecule has 2 N–H and O–H groups in total. The molecule has 0 saturated carbocycles. The molecule has 1 aromatic heterocycles. The summed E-state index contributed by atoms with van der Waals surface area (Å²) < 4.78 is 5.57. The minimum atomic E-state index is -0.839. The third-order valence-electron chi connectivity index (χ3n) is 3.27. The second-order valence-electron chi connectivity index (χ2n) is 4.77. The Morgan fingerprint density at radius 1 is 1.45 bits per heavy atom. The Labute approximate surface area is 115 Å². The van der Waals surface area contributed by atoms with Gasteiger partial charge < -0.3 is 9.84 Å². The Morgan fingerprint density at radius 2 is 2.35 bits per heavy atom. The van der Waals surface area contributed by atoms with Gasteiger partial charge in [-0.3, -0.25) is 9.89 Å². The van der Waals surface area contributed by atoms with Crippen LogP contribution in [0.25, 0.3) is 11.4 Å². The first-order valence-corrected chi connectivity index (χ1v) is 6.61. The van der Waals surface area contributed by atoms with Gasteiger partial charge in [0.1, 0.15) is 11.6 Å². The molecule has 1 aliphatic heterocycles. The number of aromatic amines is 1. The number of aromatic nitrogens is 3. The molecule has 2 aromatic rings. The van der Waals surface area contributed by atoms with Gasteiger partial charge in [0.25, 0.3) is 0 Å². The highest BCUT2D eigenvalue weighted by molar-refractivity contribution is 5.67. The molecule has 6 heteroatoms. The third-order valence-corrected chi connectivity index (χ3v) is 3.27. The molecule has 0 radical (unpaired) electrons. The number of H-pyrrole nitrogens is 1. The number of ether oxygens (including phenoxy) is 1. The van der Waals surface area contributed by atoms with E-state index in [-0.39, 0.29) is 6.42 Å². The van der Waals surface area contributed by atoms with Crippen molar-refractivity contribution >= 4 is 5.97 Å². The van der Waals surface area contributed by atoms with Crippen LogP contribution in [0.3, 0.4) is 0 Å². The van der Waals surface area contributed by atoms with Gasteiger partial charge in [-0.1, -0.05) is 0 Å². The molecule has 104 valence electrons. The quantitative estimate of drug-likeness (QED) is 0.887. The molecule has 0 spiro atoms. The summed E-state index contributed by atoms with van der Waals surface area (Å²) >= 11 is 0. The lowest BCUT2D eigenvalue weighted by Gasteiger charge is -2.17. The van der Waals surface area contributed by atoms with Crippen molar-refractivity contribution in [1.82, 2.24) is 15.2 Å². The zero-order chi connectivity index (χ0) is 13.9. The Morgan fingerprint density at radius 3 is 3.20 bits per heavy atom. The number of carbonyl (C=O) groups is 1. The van der Waals surface area contributed by atoms with E-state index in [1.165, 1.54) is 5.56 Å². The van der Waals surface area contributed by atoms with Crippen molar-refractivity contribution in [2.24, 2.45) is 0 Å². The normalized spacial score (nSPS) is 13.6. The number of carboxylic acids is 1. The van der Waals surface area contributed by atoms with Crippen LogP contribution in [0.15, 0.2) is 18.2 Å². The van der Waals surface area contributed by atoms with Crippen molar-refractivity contribution in [2.45, 2.75) is 25.7 Å². The molecule has 20 heavy (non-hydrogen) atoms. The largest absolute Gasteiger partial charge is 0.493 e. The molecular weight excluding hydrogens is 258 g/mol. The van der Waals surface area contributed by atoms with Gasteiger partial charge in [0.2, 0.25) is 0 Å². The van der Waals surface area contributed by atoms with Gasteiger partial charge in [0.15, 0.2) is 5.82 Å². The van der Waals surface area contributed by atoms with E-state index < -0.39 is 5.97 Å². The maximum absolute atomic E-state index is 10.5. The molecule has 6 nitrogen and oxygen atoms in total. The Hall–Kier alpha value is -2.37. The number of carboxylic acid groups (broad SMARTS) is 1. The Balaban J connectivity index is 1.80. The van der Waals surface area contributed by atoms with Crippen LogP contribution in [0.1, 0.15) is 24.2 Å². The van der Waals surface area contributed by atoms with Crippen molar-refractivity contribution < 1.29 is 14.6 Å². The summed E-state index contributed by atoms with van der Waals surface area (Å²) in [6.45, 7) is 0.770. The average Bonchev–Trinajstić information content (AvgIpc) is 2.93. The summed E-state index contributed by atoms with van der Waals surface area (Å²) in [5.74, 6) is 1.28. The number of benzene rings is 1.